The molecule has 5 unspecified atom stereocenters. The first kappa shape index (κ1) is 16.9. The summed E-state index contributed by atoms with van der Waals surface area (Å²) in [5.41, 5.74) is 0. The second-order valence-electron chi connectivity index (χ2n) is 4.44. The molecule has 1 heterocycles. The first-order valence-corrected chi connectivity index (χ1v) is 6.91. The van der Waals surface area contributed by atoms with Crippen molar-refractivity contribution in [2.24, 2.45) is 5.92 Å². The summed E-state index contributed by atoms with van der Waals surface area (Å²) in [6.45, 7) is 4.19. The number of carbonyl (C=O) groups is 3. The van der Waals surface area contributed by atoms with Crippen molar-refractivity contribution in [1.29, 1.82) is 0 Å². The zero-order valence-corrected chi connectivity index (χ0v) is 13.2. The number of methoxy groups -OCH3 is 1. The lowest BCUT2D eigenvalue weighted by Gasteiger charge is -2.41. The van der Waals surface area contributed by atoms with Gasteiger partial charge in [0.15, 0.2) is 11.1 Å². The van der Waals surface area contributed by atoms with Crippen LogP contribution in [0.3, 0.4) is 0 Å². The largest absolute Gasteiger partial charge is 0.467 e. The molecule has 1 fully saturated rings. The minimum atomic E-state index is -1.07. The molecule has 0 radical (unpaired) electrons. The lowest BCUT2D eigenvalue weighted by Crippen LogP contribution is -2.56. The molecule has 0 bridgehead atoms. The molecule has 1 saturated heterocycles. The molecule has 0 aromatic carbocycles. The molecule has 0 aromatic heterocycles. The van der Waals surface area contributed by atoms with Gasteiger partial charge >= 0.3 is 17.9 Å². The van der Waals surface area contributed by atoms with Crippen molar-refractivity contribution in [3.8, 4) is 0 Å². The number of alkyl halides is 1. The van der Waals surface area contributed by atoms with E-state index in [2.05, 4.69) is 20.7 Å². The van der Waals surface area contributed by atoms with Crippen molar-refractivity contribution >= 4 is 33.8 Å². The van der Waals surface area contributed by atoms with E-state index in [-0.39, 0.29) is 0 Å². The number of carbonyl (C=O) groups excluding carboxylic acids is 3. The van der Waals surface area contributed by atoms with Gasteiger partial charge in [0.05, 0.1) is 7.11 Å². The lowest BCUT2D eigenvalue weighted by molar-refractivity contribution is -0.211. The van der Waals surface area contributed by atoms with Crippen LogP contribution in [0, 0.1) is 5.92 Å². The van der Waals surface area contributed by atoms with Gasteiger partial charge in [0.25, 0.3) is 0 Å². The van der Waals surface area contributed by atoms with E-state index in [1.807, 2.05) is 0 Å². The molecule has 0 aromatic rings. The van der Waals surface area contributed by atoms with Crippen LogP contribution in [-0.4, -0.2) is 48.3 Å². The fourth-order valence-corrected chi connectivity index (χ4v) is 2.84. The maximum atomic E-state index is 11.7. The quantitative estimate of drug-likeness (QED) is 0.421. The predicted molar refractivity (Wildman–Crippen MR) is 69.9 cm³/mol. The monoisotopic (exact) mass is 352 g/mol. The van der Waals surface area contributed by atoms with E-state index < -0.39 is 47.2 Å². The minimum absolute atomic E-state index is 0.440. The molecule has 0 spiro atoms. The Morgan fingerprint density at radius 2 is 1.55 bits per heavy atom. The van der Waals surface area contributed by atoms with E-state index in [0.717, 1.165) is 0 Å². The van der Waals surface area contributed by atoms with E-state index in [4.69, 9.17) is 14.2 Å². The summed E-state index contributed by atoms with van der Waals surface area (Å²) in [4.78, 5) is 34.0. The average molecular weight is 353 g/mol. The molecule has 114 valence electrons. The third kappa shape index (κ3) is 3.92. The van der Waals surface area contributed by atoms with Crippen LogP contribution < -0.4 is 0 Å². The van der Waals surface area contributed by atoms with Crippen LogP contribution in [0.5, 0.6) is 0 Å². The topological polar surface area (TPSA) is 88.1 Å². The fourth-order valence-electron chi connectivity index (χ4n) is 2.02. The van der Waals surface area contributed by atoms with Gasteiger partial charge < -0.3 is 18.9 Å². The number of rotatable bonds is 3. The summed E-state index contributed by atoms with van der Waals surface area (Å²) in [6, 6.07) is 0. The van der Waals surface area contributed by atoms with Crippen LogP contribution in [0.1, 0.15) is 20.8 Å². The summed E-state index contributed by atoms with van der Waals surface area (Å²) >= 11 is 3.21. The van der Waals surface area contributed by atoms with Gasteiger partial charge in [-0.1, -0.05) is 22.9 Å². The van der Waals surface area contributed by atoms with E-state index in [9.17, 15) is 14.4 Å². The van der Waals surface area contributed by atoms with Crippen molar-refractivity contribution in [1.82, 2.24) is 0 Å². The highest BCUT2D eigenvalue weighted by molar-refractivity contribution is 9.09. The molecule has 1 aliphatic heterocycles. The van der Waals surface area contributed by atoms with Crippen LogP contribution in [-0.2, 0) is 33.3 Å². The number of halogens is 1. The Hall–Kier alpha value is -1.15. The van der Waals surface area contributed by atoms with Gasteiger partial charge in [-0.2, -0.15) is 0 Å². The Bertz CT molecular complexity index is 397. The van der Waals surface area contributed by atoms with Gasteiger partial charge in [-0.25, -0.2) is 4.79 Å². The molecule has 1 aliphatic rings. The Balaban J connectivity index is 2.98. The highest BCUT2D eigenvalue weighted by Crippen LogP contribution is 2.33. The third-order valence-corrected chi connectivity index (χ3v) is 3.64. The van der Waals surface area contributed by atoms with E-state index in [1.54, 1.807) is 6.92 Å². The SMILES string of the molecule is COC(=O)C1OC(Br)C(OC(C)=O)C(C)C1OC(C)=O. The highest BCUT2D eigenvalue weighted by atomic mass is 79.9. The van der Waals surface area contributed by atoms with Crippen molar-refractivity contribution in [2.45, 2.75) is 44.1 Å². The maximum absolute atomic E-state index is 11.7. The summed E-state index contributed by atoms with van der Waals surface area (Å²) in [6.07, 6.45) is -2.65. The zero-order valence-electron chi connectivity index (χ0n) is 11.6. The maximum Gasteiger partial charge on any atom is 0.338 e. The number of ether oxygens (including phenoxy) is 4. The van der Waals surface area contributed by atoms with Crippen molar-refractivity contribution < 1.29 is 33.3 Å². The summed E-state index contributed by atoms with van der Waals surface area (Å²) < 4.78 is 20.3. The molecular weight excluding hydrogens is 336 g/mol. The fraction of sp³-hybridized carbons (Fsp3) is 0.750. The van der Waals surface area contributed by atoms with Gasteiger partial charge in [0, 0.05) is 19.8 Å². The highest BCUT2D eigenvalue weighted by Gasteiger charge is 2.49. The van der Waals surface area contributed by atoms with Gasteiger partial charge in [-0.3, -0.25) is 9.59 Å². The van der Waals surface area contributed by atoms with E-state index >= 15 is 0 Å². The second-order valence-corrected chi connectivity index (χ2v) is 5.34. The first-order chi connectivity index (χ1) is 9.27. The van der Waals surface area contributed by atoms with Crippen LogP contribution in [0.4, 0.5) is 0 Å². The zero-order chi connectivity index (χ0) is 15.4. The van der Waals surface area contributed by atoms with Gasteiger partial charge in [-0.05, 0) is 0 Å². The molecule has 0 N–H and O–H groups in total. The molecular formula is C12H17BrO7. The number of hydrogen-bond acceptors (Lipinski definition) is 7. The third-order valence-electron chi connectivity index (χ3n) is 2.91. The Morgan fingerprint density at radius 1 is 1.05 bits per heavy atom. The van der Waals surface area contributed by atoms with Gasteiger partial charge in [0.1, 0.15) is 12.2 Å². The molecule has 0 amide bonds. The average Bonchev–Trinajstić information content (AvgIpc) is 2.36. The number of esters is 3. The summed E-state index contributed by atoms with van der Waals surface area (Å²) in [5.74, 6) is -2.15. The van der Waals surface area contributed by atoms with Crippen LogP contribution in [0.15, 0.2) is 0 Å². The molecule has 7 nitrogen and oxygen atoms in total. The smallest absolute Gasteiger partial charge is 0.338 e. The summed E-state index contributed by atoms with van der Waals surface area (Å²) in [7, 11) is 1.21. The molecule has 20 heavy (non-hydrogen) atoms. The standard InChI is InChI=1S/C12H17BrO7/c1-5-8(18-6(2)14)10(12(16)17-4)20-11(13)9(5)19-7(3)15/h5,8-11H,1-4H3. The van der Waals surface area contributed by atoms with Crippen LogP contribution in [0.25, 0.3) is 0 Å². The molecule has 0 saturated carbocycles. The normalized spacial score (nSPS) is 33.1. The van der Waals surface area contributed by atoms with Crippen molar-refractivity contribution in [2.75, 3.05) is 7.11 Å². The second kappa shape index (κ2) is 7.03. The predicted octanol–water partition coefficient (Wildman–Crippen LogP) is 0.779. The Kier molecular flexibility index (Phi) is 5.94. The van der Waals surface area contributed by atoms with Gasteiger partial charge in [0.2, 0.25) is 0 Å². The van der Waals surface area contributed by atoms with Crippen molar-refractivity contribution in [3.05, 3.63) is 0 Å². The van der Waals surface area contributed by atoms with Crippen LogP contribution >= 0.6 is 15.9 Å². The Labute approximate surface area is 125 Å². The first-order valence-electron chi connectivity index (χ1n) is 5.99. The minimum Gasteiger partial charge on any atom is -0.467 e. The summed E-state index contributed by atoms with van der Waals surface area (Å²) in [5, 5.41) is -0.697. The van der Waals surface area contributed by atoms with Crippen LogP contribution in [0.2, 0.25) is 0 Å². The van der Waals surface area contributed by atoms with Crippen molar-refractivity contribution in [3.63, 3.8) is 0 Å². The molecule has 1 rings (SSSR count). The van der Waals surface area contributed by atoms with Gasteiger partial charge in [-0.15, -0.1) is 0 Å². The van der Waals surface area contributed by atoms with E-state index in [0.29, 0.717) is 0 Å². The Morgan fingerprint density at radius 3 is 2.00 bits per heavy atom. The number of hydrogen-bond donors (Lipinski definition) is 0. The lowest BCUT2D eigenvalue weighted by atomic mass is 9.91. The molecule has 8 heteroatoms. The molecule has 0 aliphatic carbocycles. The van der Waals surface area contributed by atoms with E-state index in [1.165, 1.54) is 21.0 Å². The molecule has 5 atom stereocenters.